The number of fused-ring (bicyclic) bond motifs is 3. The SMILES string of the molecule is CCN(CC)CCc1c[nH]c2c(N(S(=O)(=O)c3c(Cl)nc4sccn34)S(=O)(=O)c3c(Cl)nc4sccn34)cccc12. The van der Waals surface area contributed by atoms with Gasteiger partial charge in [-0.25, -0.2) is 9.97 Å². The van der Waals surface area contributed by atoms with E-state index in [1.54, 1.807) is 23.0 Å². The molecule has 1 aromatic carbocycles. The van der Waals surface area contributed by atoms with Gasteiger partial charge in [-0.3, -0.25) is 8.80 Å². The molecule has 11 nitrogen and oxygen atoms in total. The second-order valence-corrected chi connectivity index (χ2v) is 15.1. The van der Waals surface area contributed by atoms with E-state index in [1.807, 2.05) is 6.07 Å². The minimum absolute atomic E-state index is 0.112. The van der Waals surface area contributed by atoms with Crippen LogP contribution in [0.2, 0.25) is 10.3 Å². The Morgan fingerprint density at radius 3 is 2.00 bits per heavy atom. The topological polar surface area (TPSA) is 125 Å². The van der Waals surface area contributed by atoms with Crippen LogP contribution in [-0.4, -0.2) is 65.1 Å². The van der Waals surface area contributed by atoms with Gasteiger partial charge in [0.15, 0.2) is 20.2 Å². The van der Waals surface area contributed by atoms with Gasteiger partial charge in [0.1, 0.15) is 0 Å². The average Bonchev–Trinajstić information content (AvgIpc) is 3.72. The van der Waals surface area contributed by atoms with Crippen LogP contribution in [0.3, 0.4) is 0 Å². The number of anilines is 1. The summed E-state index contributed by atoms with van der Waals surface area (Å²) in [6.45, 7) is 6.74. The number of aromatic nitrogens is 5. The van der Waals surface area contributed by atoms with Crippen molar-refractivity contribution in [1.29, 1.82) is 0 Å². The van der Waals surface area contributed by atoms with E-state index in [0.717, 1.165) is 47.9 Å². The first-order chi connectivity index (χ1) is 19.6. The summed E-state index contributed by atoms with van der Waals surface area (Å²) >= 11 is 15.0. The molecule has 0 atom stereocenters. The zero-order chi connectivity index (χ0) is 29.1. The summed E-state index contributed by atoms with van der Waals surface area (Å²) in [5.74, 6) is 0. The molecule has 6 aromatic rings. The highest BCUT2D eigenvalue weighted by Gasteiger charge is 2.44. The van der Waals surface area contributed by atoms with Crippen LogP contribution in [0, 0.1) is 0 Å². The molecule has 216 valence electrons. The van der Waals surface area contributed by atoms with Gasteiger partial charge in [-0.05, 0) is 31.1 Å². The molecule has 0 spiro atoms. The molecule has 0 amide bonds. The van der Waals surface area contributed by atoms with Crippen LogP contribution in [0.25, 0.3) is 20.8 Å². The van der Waals surface area contributed by atoms with Gasteiger partial charge in [-0.15, -0.1) is 22.7 Å². The number of benzene rings is 1. The number of rotatable bonds is 10. The number of imidazole rings is 2. The number of thiazole rings is 2. The van der Waals surface area contributed by atoms with Crippen LogP contribution in [0.4, 0.5) is 5.69 Å². The highest BCUT2D eigenvalue weighted by atomic mass is 35.5. The number of para-hydroxylation sites is 1. The van der Waals surface area contributed by atoms with E-state index in [9.17, 15) is 16.8 Å². The molecule has 17 heteroatoms. The molecule has 0 saturated carbocycles. The molecule has 0 radical (unpaired) electrons. The quantitative estimate of drug-likeness (QED) is 0.208. The van der Waals surface area contributed by atoms with Crippen LogP contribution in [-0.2, 0) is 26.5 Å². The number of hydrogen-bond donors (Lipinski definition) is 1. The van der Waals surface area contributed by atoms with Crippen LogP contribution in [0.5, 0.6) is 0 Å². The molecular weight excluding hydrogens is 649 g/mol. The maximum atomic E-state index is 14.5. The molecule has 0 aliphatic rings. The predicted molar refractivity (Wildman–Crippen MR) is 163 cm³/mol. The number of H-pyrrole nitrogens is 1. The fourth-order valence-corrected chi connectivity index (χ4v) is 11.3. The van der Waals surface area contributed by atoms with E-state index in [1.165, 1.54) is 27.3 Å². The monoisotopic (exact) mass is 671 g/mol. The smallest absolute Gasteiger partial charge is 0.297 e. The molecule has 0 bridgehead atoms. The largest absolute Gasteiger partial charge is 0.359 e. The summed E-state index contributed by atoms with van der Waals surface area (Å²) in [7, 11) is -9.82. The third-order valence-corrected chi connectivity index (χ3v) is 13.3. The van der Waals surface area contributed by atoms with Gasteiger partial charge < -0.3 is 9.88 Å². The lowest BCUT2D eigenvalue weighted by Gasteiger charge is -2.24. The lowest BCUT2D eigenvalue weighted by molar-refractivity contribution is 0.308. The van der Waals surface area contributed by atoms with Gasteiger partial charge in [0.25, 0.3) is 20.0 Å². The van der Waals surface area contributed by atoms with Gasteiger partial charge in [0, 0.05) is 41.3 Å². The molecule has 0 fully saturated rings. The normalized spacial score (nSPS) is 12.9. The van der Waals surface area contributed by atoms with Crippen molar-refractivity contribution in [3.63, 3.8) is 0 Å². The summed E-state index contributed by atoms with van der Waals surface area (Å²) in [5, 5.41) is 2.30. The van der Waals surface area contributed by atoms with E-state index in [2.05, 4.69) is 33.7 Å². The summed E-state index contributed by atoms with van der Waals surface area (Å²) < 4.78 is 60.9. The first-order valence-electron chi connectivity index (χ1n) is 12.4. The summed E-state index contributed by atoms with van der Waals surface area (Å²) in [4.78, 5) is 14.3. The second kappa shape index (κ2) is 10.6. The van der Waals surface area contributed by atoms with Crippen molar-refractivity contribution in [1.82, 2.24) is 28.7 Å². The van der Waals surface area contributed by atoms with Gasteiger partial charge >= 0.3 is 0 Å². The maximum absolute atomic E-state index is 14.5. The third-order valence-electron chi connectivity index (χ3n) is 6.85. The molecule has 0 aliphatic carbocycles. The van der Waals surface area contributed by atoms with Crippen LogP contribution < -0.4 is 3.71 Å². The third kappa shape index (κ3) is 4.54. The maximum Gasteiger partial charge on any atom is 0.297 e. The number of nitrogens with zero attached hydrogens (tertiary/aromatic N) is 6. The number of likely N-dealkylation sites (N-methyl/N-ethyl adjacent to an activating group) is 1. The minimum Gasteiger partial charge on any atom is -0.359 e. The Morgan fingerprint density at radius 2 is 1.46 bits per heavy atom. The fourth-order valence-electron chi connectivity index (χ4n) is 4.86. The first kappa shape index (κ1) is 28.5. The summed E-state index contributed by atoms with van der Waals surface area (Å²) in [6.07, 6.45) is 5.40. The van der Waals surface area contributed by atoms with Crippen molar-refractivity contribution >= 4 is 92.4 Å². The van der Waals surface area contributed by atoms with Crippen LogP contribution >= 0.6 is 45.9 Å². The van der Waals surface area contributed by atoms with Crippen molar-refractivity contribution < 1.29 is 16.8 Å². The van der Waals surface area contributed by atoms with Gasteiger partial charge in [0.2, 0.25) is 10.1 Å². The predicted octanol–water partition coefficient (Wildman–Crippen LogP) is 5.36. The average molecular weight is 673 g/mol. The number of hydrogen-bond acceptors (Lipinski definition) is 9. The molecular formula is C24H23Cl2N7O4S4. The van der Waals surface area contributed by atoms with Crippen molar-refractivity contribution in [3.05, 3.63) is 63.4 Å². The van der Waals surface area contributed by atoms with Gasteiger partial charge in [-0.1, -0.05) is 49.2 Å². The Balaban J connectivity index is 1.60. The summed E-state index contributed by atoms with van der Waals surface area (Å²) in [6, 6.07) is 4.89. The van der Waals surface area contributed by atoms with E-state index >= 15 is 0 Å². The number of aromatic amines is 1. The van der Waals surface area contributed by atoms with Crippen molar-refractivity contribution in [2.24, 2.45) is 0 Å². The second-order valence-electron chi connectivity index (χ2n) is 9.02. The lowest BCUT2D eigenvalue weighted by Crippen LogP contribution is -2.38. The molecule has 0 saturated heterocycles. The number of nitrogens with one attached hydrogen (secondary N) is 1. The van der Waals surface area contributed by atoms with Gasteiger partial charge in [0.05, 0.1) is 11.2 Å². The Hall–Kier alpha value is -2.66. The molecule has 41 heavy (non-hydrogen) atoms. The van der Waals surface area contributed by atoms with E-state index in [0.29, 0.717) is 31.0 Å². The van der Waals surface area contributed by atoms with E-state index in [-0.39, 0.29) is 16.0 Å². The molecule has 0 aliphatic heterocycles. The van der Waals surface area contributed by atoms with Crippen molar-refractivity contribution in [3.8, 4) is 0 Å². The van der Waals surface area contributed by atoms with Crippen LogP contribution in [0.15, 0.2) is 57.6 Å². The van der Waals surface area contributed by atoms with Gasteiger partial charge in [-0.2, -0.15) is 20.5 Å². The highest BCUT2D eigenvalue weighted by molar-refractivity contribution is 8.10. The van der Waals surface area contributed by atoms with E-state index in [4.69, 9.17) is 23.2 Å². The Labute approximate surface area is 253 Å². The van der Waals surface area contributed by atoms with Crippen LogP contribution in [0.1, 0.15) is 19.4 Å². The van der Waals surface area contributed by atoms with Crippen molar-refractivity contribution in [2.45, 2.75) is 30.3 Å². The molecule has 5 heterocycles. The zero-order valence-corrected chi connectivity index (χ0v) is 26.4. The fraction of sp³-hybridized carbons (Fsp3) is 0.250. The molecule has 5 aromatic heterocycles. The Kier molecular flexibility index (Phi) is 7.33. The van der Waals surface area contributed by atoms with Crippen molar-refractivity contribution in [2.75, 3.05) is 23.3 Å². The Morgan fingerprint density at radius 1 is 0.902 bits per heavy atom. The first-order valence-corrected chi connectivity index (χ1v) is 17.8. The number of halogens is 2. The molecule has 1 N–H and O–H groups in total. The number of sulfonamides is 2. The summed E-state index contributed by atoms with van der Waals surface area (Å²) in [5.41, 5.74) is 1.14. The molecule has 6 rings (SSSR count). The van der Waals surface area contributed by atoms with E-state index < -0.39 is 30.1 Å². The standard InChI is InChI=1S/C24H23Cl2N7O4S4/c1-3-30(4-2)9-8-15-14-27-18-16(15)6-5-7-17(18)33(40(34,35)21-19(25)28-23-31(21)10-12-38-23)41(36,37)22-20(26)29-24-32(22)11-13-39-24/h5-7,10-14,27H,3-4,8-9H2,1-2H3. The minimum atomic E-state index is -4.91. The molecule has 0 unspecified atom stereocenters. The highest BCUT2D eigenvalue weighted by Crippen LogP contribution is 2.40. The Bertz CT molecular complexity index is 2020. The lowest BCUT2D eigenvalue weighted by atomic mass is 10.1. The zero-order valence-electron chi connectivity index (χ0n) is 21.7.